The van der Waals surface area contributed by atoms with Crippen molar-refractivity contribution >= 4 is 34.9 Å². The van der Waals surface area contributed by atoms with Crippen molar-refractivity contribution in [1.82, 2.24) is 8.85 Å². The highest BCUT2D eigenvalue weighted by molar-refractivity contribution is 14.1. The third kappa shape index (κ3) is 6.39. The quantitative estimate of drug-likeness (QED) is 0.377. The number of carbonyl (C=O) groups is 2. The SMILES string of the molecule is O=C(O)CCCNC(=O)OC1CCC(NI)CC1. The highest BCUT2D eigenvalue weighted by atomic mass is 127. The monoisotopic (exact) mass is 370 g/mol. The van der Waals surface area contributed by atoms with E-state index in [0.717, 1.165) is 25.7 Å². The minimum atomic E-state index is -0.852. The molecule has 7 heteroatoms. The zero-order chi connectivity index (χ0) is 13.4. The van der Waals surface area contributed by atoms with Crippen LogP contribution in [0.15, 0.2) is 0 Å². The van der Waals surface area contributed by atoms with Crippen molar-refractivity contribution in [2.24, 2.45) is 0 Å². The highest BCUT2D eigenvalue weighted by Gasteiger charge is 2.22. The van der Waals surface area contributed by atoms with Gasteiger partial charge in [-0.15, -0.1) is 0 Å². The van der Waals surface area contributed by atoms with E-state index >= 15 is 0 Å². The average molecular weight is 370 g/mol. The third-order valence-electron chi connectivity index (χ3n) is 2.94. The van der Waals surface area contributed by atoms with E-state index in [9.17, 15) is 9.59 Å². The number of hydrogen-bond acceptors (Lipinski definition) is 4. The molecule has 0 unspecified atom stereocenters. The second kappa shape index (κ2) is 8.52. The Morgan fingerprint density at radius 2 is 1.94 bits per heavy atom. The van der Waals surface area contributed by atoms with E-state index in [-0.39, 0.29) is 12.5 Å². The van der Waals surface area contributed by atoms with Crippen LogP contribution in [0.5, 0.6) is 0 Å². The van der Waals surface area contributed by atoms with Crippen LogP contribution in [-0.2, 0) is 9.53 Å². The summed E-state index contributed by atoms with van der Waals surface area (Å²) in [5.41, 5.74) is 0. The molecule has 104 valence electrons. The summed E-state index contributed by atoms with van der Waals surface area (Å²) >= 11 is 2.15. The van der Waals surface area contributed by atoms with Gasteiger partial charge in [-0.25, -0.2) is 4.79 Å². The first kappa shape index (κ1) is 15.5. The molecule has 1 saturated carbocycles. The number of carbonyl (C=O) groups excluding carboxylic acids is 1. The number of amides is 1. The topological polar surface area (TPSA) is 87.7 Å². The Hall–Kier alpha value is -0.570. The summed E-state index contributed by atoms with van der Waals surface area (Å²) in [6, 6.07) is 0.518. The van der Waals surface area contributed by atoms with Gasteiger partial charge in [-0.3, -0.25) is 8.32 Å². The number of halogens is 1. The highest BCUT2D eigenvalue weighted by Crippen LogP contribution is 2.21. The van der Waals surface area contributed by atoms with Gasteiger partial charge in [0.1, 0.15) is 6.10 Å². The van der Waals surface area contributed by atoms with Crippen molar-refractivity contribution in [3.8, 4) is 0 Å². The maximum atomic E-state index is 11.4. The molecule has 1 amide bonds. The van der Waals surface area contributed by atoms with Gasteiger partial charge in [-0.1, -0.05) is 0 Å². The van der Waals surface area contributed by atoms with Crippen molar-refractivity contribution in [1.29, 1.82) is 0 Å². The second-order valence-electron chi connectivity index (χ2n) is 4.41. The fourth-order valence-corrected chi connectivity index (χ4v) is 2.54. The van der Waals surface area contributed by atoms with Crippen LogP contribution >= 0.6 is 22.9 Å². The molecule has 0 aliphatic heterocycles. The van der Waals surface area contributed by atoms with E-state index in [2.05, 4.69) is 31.7 Å². The average Bonchev–Trinajstić information content (AvgIpc) is 2.35. The number of ether oxygens (including phenoxy) is 1. The molecule has 0 saturated heterocycles. The molecule has 1 aliphatic carbocycles. The first-order chi connectivity index (χ1) is 8.61. The standard InChI is InChI=1S/C11H19IN2O4/c12-14-8-3-5-9(6-4-8)18-11(17)13-7-1-2-10(15)16/h8-9,14H,1-7H2,(H,13,17)(H,15,16). The van der Waals surface area contributed by atoms with Crippen LogP contribution in [0.4, 0.5) is 4.79 Å². The largest absolute Gasteiger partial charge is 0.481 e. The van der Waals surface area contributed by atoms with Crippen LogP contribution in [0.2, 0.25) is 0 Å². The number of carboxylic acids is 1. The Morgan fingerprint density at radius 1 is 1.28 bits per heavy atom. The fraction of sp³-hybridized carbons (Fsp3) is 0.818. The molecule has 6 nitrogen and oxygen atoms in total. The van der Waals surface area contributed by atoms with E-state index in [4.69, 9.17) is 9.84 Å². The molecule has 0 spiro atoms. The Bertz CT molecular complexity index is 280. The number of rotatable bonds is 6. The van der Waals surface area contributed by atoms with Gasteiger partial charge in [0, 0.05) is 41.9 Å². The van der Waals surface area contributed by atoms with Crippen molar-refractivity contribution in [2.75, 3.05) is 6.54 Å². The molecule has 0 aromatic heterocycles. The molecular formula is C11H19IN2O4. The number of hydrogen-bond donors (Lipinski definition) is 3. The lowest BCUT2D eigenvalue weighted by molar-refractivity contribution is -0.137. The summed E-state index contributed by atoms with van der Waals surface area (Å²) < 4.78 is 8.45. The van der Waals surface area contributed by atoms with Crippen LogP contribution in [-0.4, -0.2) is 35.9 Å². The van der Waals surface area contributed by atoms with Gasteiger partial charge in [0.05, 0.1) is 0 Å². The molecule has 0 aromatic rings. The maximum absolute atomic E-state index is 11.4. The molecule has 0 heterocycles. The Morgan fingerprint density at radius 3 is 2.50 bits per heavy atom. The molecule has 3 N–H and O–H groups in total. The number of nitrogens with one attached hydrogen (secondary N) is 2. The summed E-state index contributed by atoms with van der Waals surface area (Å²) in [5.74, 6) is -0.852. The summed E-state index contributed by atoms with van der Waals surface area (Å²) in [6.07, 6.45) is 3.83. The molecular weight excluding hydrogens is 351 g/mol. The van der Waals surface area contributed by atoms with E-state index in [1.807, 2.05) is 0 Å². The Labute approximate surface area is 120 Å². The van der Waals surface area contributed by atoms with Gasteiger partial charge >= 0.3 is 12.1 Å². The second-order valence-corrected chi connectivity index (χ2v) is 5.03. The number of aliphatic carboxylic acids is 1. The fourth-order valence-electron chi connectivity index (χ4n) is 1.91. The molecule has 0 atom stereocenters. The normalized spacial score (nSPS) is 23.4. The van der Waals surface area contributed by atoms with E-state index in [1.165, 1.54) is 0 Å². The van der Waals surface area contributed by atoms with Gasteiger partial charge in [0.15, 0.2) is 0 Å². The molecule has 1 fully saturated rings. The summed E-state index contributed by atoms with van der Waals surface area (Å²) in [6.45, 7) is 0.343. The van der Waals surface area contributed by atoms with Crippen molar-refractivity contribution < 1.29 is 19.4 Å². The third-order valence-corrected chi connectivity index (χ3v) is 3.82. The first-order valence-corrected chi connectivity index (χ1v) is 7.22. The van der Waals surface area contributed by atoms with Crippen LogP contribution < -0.4 is 8.85 Å². The molecule has 1 aliphatic rings. The Balaban J connectivity index is 2.08. The smallest absolute Gasteiger partial charge is 0.407 e. The molecule has 1 rings (SSSR count). The molecule has 0 bridgehead atoms. The molecule has 0 radical (unpaired) electrons. The molecule has 0 aromatic carbocycles. The van der Waals surface area contributed by atoms with Crippen molar-refractivity contribution in [3.63, 3.8) is 0 Å². The molecule has 18 heavy (non-hydrogen) atoms. The Kier molecular flexibility index (Phi) is 7.33. The van der Waals surface area contributed by atoms with E-state index in [1.54, 1.807) is 0 Å². The summed E-state index contributed by atoms with van der Waals surface area (Å²) in [5, 5.41) is 11.0. The van der Waals surface area contributed by atoms with Crippen molar-refractivity contribution in [3.05, 3.63) is 0 Å². The van der Waals surface area contributed by atoms with Crippen LogP contribution in [0.25, 0.3) is 0 Å². The minimum absolute atomic E-state index is 0.00882. The summed E-state index contributed by atoms with van der Waals surface area (Å²) in [7, 11) is 0. The van der Waals surface area contributed by atoms with E-state index in [0.29, 0.717) is 19.0 Å². The predicted molar refractivity (Wildman–Crippen MR) is 74.6 cm³/mol. The maximum Gasteiger partial charge on any atom is 0.407 e. The predicted octanol–water partition coefficient (Wildman–Crippen LogP) is 1.83. The van der Waals surface area contributed by atoms with Gasteiger partial charge in [-0.05, 0) is 32.1 Å². The van der Waals surface area contributed by atoms with Crippen molar-refractivity contribution in [2.45, 2.75) is 50.7 Å². The minimum Gasteiger partial charge on any atom is -0.481 e. The van der Waals surface area contributed by atoms with Gasteiger partial charge in [0.25, 0.3) is 0 Å². The van der Waals surface area contributed by atoms with Crippen LogP contribution in [0.3, 0.4) is 0 Å². The number of alkyl carbamates (subject to hydrolysis) is 1. The zero-order valence-corrected chi connectivity index (χ0v) is 12.3. The van der Waals surface area contributed by atoms with Gasteiger partial charge in [-0.2, -0.15) is 0 Å². The lowest BCUT2D eigenvalue weighted by Crippen LogP contribution is -2.35. The van der Waals surface area contributed by atoms with E-state index < -0.39 is 12.1 Å². The van der Waals surface area contributed by atoms with Crippen LogP contribution in [0, 0.1) is 0 Å². The first-order valence-electron chi connectivity index (χ1n) is 6.14. The lowest BCUT2D eigenvalue weighted by Gasteiger charge is -2.27. The van der Waals surface area contributed by atoms with Gasteiger partial charge in [0.2, 0.25) is 0 Å². The summed E-state index contributed by atoms with van der Waals surface area (Å²) in [4.78, 5) is 21.7. The van der Waals surface area contributed by atoms with Crippen LogP contribution in [0.1, 0.15) is 38.5 Å². The van der Waals surface area contributed by atoms with Gasteiger partial charge < -0.3 is 15.2 Å². The zero-order valence-electron chi connectivity index (χ0n) is 10.2. The lowest BCUT2D eigenvalue weighted by atomic mass is 9.94. The number of carboxylic acid groups (broad SMARTS) is 1.